The Kier molecular flexibility index (Phi) is 6.33. The van der Waals surface area contributed by atoms with Crippen molar-refractivity contribution in [1.29, 1.82) is 0 Å². The number of rotatable bonds is 6. The first kappa shape index (κ1) is 22.8. The average Bonchev–Trinajstić information content (AvgIpc) is 3.49. The molecule has 1 fully saturated rings. The minimum atomic E-state index is -0.404. The molecule has 0 aliphatic carbocycles. The Labute approximate surface area is 204 Å². The summed E-state index contributed by atoms with van der Waals surface area (Å²) in [7, 11) is 1.79. The van der Waals surface area contributed by atoms with Crippen LogP contribution < -0.4 is 15.5 Å². The fraction of sp³-hybridized carbons (Fsp3) is 0.214. The highest BCUT2D eigenvalue weighted by molar-refractivity contribution is 6.37. The first-order valence-corrected chi connectivity index (χ1v) is 11.8. The lowest BCUT2D eigenvalue weighted by atomic mass is 10.00. The number of anilines is 3. The van der Waals surface area contributed by atoms with Crippen LogP contribution in [0.5, 0.6) is 0 Å². The third-order valence-electron chi connectivity index (χ3n) is 6.49. The van der Waals surface area contributed by atoms with E-state index in [-0.39, 0.29) is 11.8 Å². The van der Waals surface area contributed by atoms with Crippen molar-refractivity contribution in [2.24, 2.45) is 0 Å². The number of hydrogen-bond acceptors (Lipinski definition) is 4. The predicted molar refractivity (Wildman–Crippen MR) is 137 cm³/mol. The van der Waals surface area contributed by atoms with Gasteiger partial charge in [0.15, 0.2) is 0 Å². The van der Waals surface area contributed by atoms with E-state index in [0.29, 0.717) is 29.1 Å². The number of nitrogens with one attached hydrogen (secondary N) is 2. The Hall–Kier alpha value is -3.97. The van der Waals surface area contributed by atoms with Crippen LogP contribution in [0.15, 0.2) is 72.8 Å². The van der Waals surface area contributed by atoms with Gasteiger partial charge < -0.3 is 15.5 Å². The third kappa shape index (κ3) is 4.81. The number of halogens is 1. The number of fused-ring (bicyclic) bond motifs is 1. The van der Waals surface area contributed by atoms with E-state index in [9.17, 15) is 14.0 Å². The minimum absolute atomic E-state index is 0.0613. The Morgan fingerprint density at radius 2 is 1.74 bits per heavy atom. The number of likely N-dealkylation sites (N-methyl/N-ethyl adjacent to an activating group) is 1. The van der Waals surface area contributed by atoms with Crippen LogP contribution in [-0.4, -0.2) is 43.4 Å². The summed E-state index contributed by atoms with van der Waals surface area (Å²) in [6.07, 6.45) is 2.29. The smallest absolute Gasteiger partial charge is 0.258 e. The zero-order valence-corrected chi connectivity index (χ0v) is 19.6. The molecule has 0 spiro atoms. The Morgan fingerprint density at radius 3 is 2.46 bits per heavy atom. The van der Waals surface area contributed by atoms with E-state index in [0.717, 1.165) is 42.9 Å². The highest BCUT2D eigenvalue weighted by Gasteiger charge is 2.29. The number of hydrogen-bond donors (Lipinski definition) is 2. The van der Waals surface area contributed by atoms with E-state index in [1.165, 1.54) is 12.1 Å². The molecule has 35 heavy (non-hydrogen) atoms. The second kappa shape index (κ2) is 9.72. The van der Waals surface area contributed by atoms with Gasteiger partial charge in [0, 0.05) is 24.0 Å². The van der Waals surface area contributed by atoms with Gasteiger partial charge in [-0.3, -0.25) is 14.5 Å². The van der Waals surface area contributed by atoms with Gasteiger partial charge in [0.25, 0.3) is 5.91 Å². The van der Waals surface area contributed by atoms with Crippen molar-refractivity contribution in [2.45, 2.75) is 12.8 Å². The molecule has 3 aromatic rings. The van der Waals surface area contributed by atoms with Crippen molar-refractivity contribution >= 4 is 40.1 Å². The maximum absolute atomic E-state index is 13.7. The predicted octanol–water partition coefficient (Wildman–Crippen LogP) is 4.82. The van der Waals surface area contributed by atoms with Crippen LogP contribution in [0.3, 0.4) is 0 Å². The lowest BCUT2D eigenvalue weighted by molar-refractivity contribution is -0.119. The maximum atomic E-state index is 13.7. The van der Waals surface area contributed by atoms with Gasteiger partial charge in [-0.2, -0.15) is 0 Å². The lowest BCUT2D eigenvalue weighted by Crippen LogP contribution is -2.37. The van der Waals surface area contributed by atoms with Crippen LogP contribution in [0.25, 0.3) is 11.3 Å². The molecule has 5 rings (SSSR count). The van der Waals surface area contributed by atoms with Gasteiger partial charge in [0.2, 0.25) is 5.91 Å². The van der Waals surface area contributed by atoms with Gasteiger partial charge in [-0.25, -0.2) is 4.39 Å². The first-order valence-electron chi connectivity index (χ1n) is 11.8. The molecule has 1 saturated heterocycles. The summed E-state index contributed by atoms with van der Waals surface area (Å²) in [6.45, 7) is 2.38. The largest absolute Gasteiger partial charge is 0.354 e. The highest BCUT2D eigenvalue weighted by Crippen LogP contribution is 2.38. The molecule has 0 saturated carbocycles. The molecular formula is C28H27FN4O2. The molecule has 0 aromatic heterocycles. The van der Waals surface area contributed by atoms with Crippen LogP contribution in [0.1, 0.15) is 24.0 Å². The van der Waals surface area contributed by atoms with Crippen molar-refractivity contribution in [1.82, 2.24) is 4.90 Å². The summed E-state index contributed by atoms with van der Waals surface area (Å²) >= 11 is 0. The first-order chi connectivity index (χ1) is 17.0. The van der Waals surface area contributed by atoms with Crippen LogP contribution in [0, 0.1) is 5.82 Å². The quantitative estimate of drug-likeness (QED) is 0.507. The Morgan fingerprint density at radius 1 is 1.03 bits per heavy atom. The highest BCUT2D eigenvalue weighted by atomic mass is 19.1. The van der Waals surface area contributed by atoms with E-state index in [4.69, 9.17) is 0 Å². The summed E-state index contributed by atoms with van der Waals surface area (Å²) in [5.74, 6) is -0.634. The van der Waals surface area contributed by atoms with Crippen LogP contribution in [-0.2, 0) is 9.59 Å². The molecule has 0 bridgehead atoms. The number of likely N-dealkylation sites (tertiary alicyclic amines) is 1. The number of carbonyl (C=O) groups excluding carboxylic acids is 2. The lowest BCUT2D eigenvalue weighted by Gasteiger charge is -2.22. The van der Waals surface area contributed by atoms with Crippen LogP contribution in [0.2, 0.25) is 0 Å². The van der Waals surface area contributed by atoms with Crippen molar-refractivity contribution in [2.75, 3.05) is 42.2 Å². The molecule has 6 nitrogen and oxygen atoms in total. The molecule has 2 aliphatic rings. The van der Waals surface area contributed by atoms with Gasteiger partial charge in [0.05, 0.1) is 23.5 Å². The topological polar surface area (TPSA) is 64.7 Å². The third-order valence-corrected chi connectivity index (χ3v) is 6.49. The molecule has 0 radical (unpaired) electrons. The summed E-state index contributed by atoms with van der Waals surface area (Å²) in [5, 5.41) is 6.16. The normalized spacial score (nSPS) is 16.6. The molecule has 3 aromatic carbocycles. The van der Waals surface area contributed by atoms with E-state index in [1.807, 2.05) is 54.6 Å². The monoisotopic (exact) mass is 470 g/mol. The molecular weight excluding hydrogens is 443 g/mol. The summed E-state index contributed by atoms with van der Waals surface area (Å²) in [6, 6.07) is 21.4. The van der Waals surface area contributed by atoms with Gasteiger partial charge in [-0.05, 0) is 74.0 Å². The zero-order chi connectivity index (χ0) is 24.4. The van der Waals surface area contributed by atoms with Gasteiger partial charge in [0.1, 0.15) is 5.82 Å². The standard InChI is InChI=1S/C28H27FN4O2/c1-32(25(34)18-33-15-5-6-16-33)22-12-10-21(11-13-22)30-27(19-7-3-2-4-8-19)26-23-14-9-20(29)17-24(23)31-28(26)35/h2-4,7-14,17,30H,5-6,15-16,18H2,1H3,(H,31,35). The number of amides is 2. The van der Waals surface area contributed by atoms with Crippen molar-refractivity contribution in [3.63, 3.8) is 0 Å². The minimum Gasteiger partial charge on any atom is -0.354 e. The van der Waals surface area contributed by atoms with Crippen molar-refractivity contribution in [3.05, 3.63) is 89.7 Å². The second-order valence-corrected chi connectivity index (χ2v) is 8.87. The van der Waals surface area contributed by atoms with E-state index in [2.05, 4.69) is 15.5 Å². The summed E-state index contributed by atoms with van der Waals surface area (Å²) in [5.41, 5.74) is 4.57. The Balaban J connectivity index is 1.43. The molecule has 2 amide bonds. The van der Waals surface area contributed by atoms with Crippen LogP contribution >= 0.6 is 0 Å². The molecule has 0 atom stereocenters. The van der Waals surface area contributed by atoms with Crippen molar-refractivity contribution in [3.8, 4) is 0 Å². The molecule has 2 heterocycles. The maximum Gasteiger partial charge on any atom is 0.258 e. The van der Waals surface area contributed by atoms with Crippen LogP contribution in [0.4, 0.5) is 21.5 Å². The van der Waals surface area contributed by atoms with Crippen molar-refractivity contribution < 1.29 is 14.0 Å². The average molecular weight is 471 g/mol. The molecule has 178 valence electrons. The van der Waals surface area contributed by atoms with Gasteiger partial charge >= 0.3 is 0 Å². The SMILES string of the molecule is CN(C(=O)CN1CCCC1)c1ccc(NC(=C2C(=O)Nc3cc(F)ccc32)c2ccccc2)cc1. The van der Waals surface area contributed by atoms with Gasteiger partial charge in [-0.1, -0.05) is 30.3 Å². The molecule has 2 aliphatic heterocycles. The fourth-order valence-electron chi connectivity index (χ4n) is 4.57. The van der Waals surface area contributed by atoms with E-state index < -0.39 is 5.82 Å². The zero-order valence-electron chi connectivity index (χ0n) is 19.6. The fourth-order valence-corrected chi connectivity index (χ4v) is 4.57. The van der Waals surface area contributed by atoms with E-state index >= 15 is 0 Å². The molecule has 0 unspecified atom stereocenters. The number of nitrogens with zero attached hydrogens (tertiary/aromatic N) is 2. The molecule has 2 N–H and O–H groups in total. The summed E-state index contributed by atoms with van der Waals surface area (Å²) in [4.78, 5) is 29.5. The number of benzene rings is 3. The second-order valence-electron chi connectivity index (χ2n) is 8.87. The Bertz CT molecular complexity index is 1280. The summed E-state index contributed by atoms with van der Waals surface area (Å²) < 4.78 is 13.7. The molecule has 7 heteroatoms. The number of carbonyl (C=O) groups is 2. The van der Waals surface area contributed by atoms with E-state index in [1.54, 1.807) is 18.0 Å². The van der Waals surface area contributed by atoms with Gasteiger partial charge in [-0.15, -0.1) is 0 Å².